The SMILES string of the molecule is Clc1ccc2cccnc2c1CN1CCC(c2nnc3n2CCNC3)CC1. The molecule has 0 radical (unpaired) electrons. The summed E-state index contributed by atoms with van der Waals surface area (Å²) in [6.07, 6.45) is 4.07. The first-order chi connectivity index (χ1) is 13.3. The fraction of sp³-hybridized carbons (Fsp3) is 0.450. The number of benzene rings is 1. The summed E-state index contributed by atoms with van der Waals surface area (Å²) in [7, 11) is 0. The van der Waals surface area contributed by atoms with Crippen molar-refractivity contribution in [3.8, 4) is 0 Å². The van der Waals surface area contributed by atoms with Gasteiger partial charge in [0.25, 0.3) is 0 Å². The van der Waals surface area contributed by atoms with E-state index < -0.39 is 0 Å². The molecule has 2 aliphatic rings. The molecule has 5 rings (SSSR count). The summed E-state index contributed by atoms with van der Waals surface area (Å²) in [5.74, 6) is 2.75. The third-order valence-corrected chi connectivity index (χ3v) is 6.16. The van der Waals surface area contributed by atoms with Crippen molar-refractivity contribution in [2.45, 2.75) is 38.4 Å². The number of likely N-dealkylation sites (tertiary alicyclic amines) is 1. The van der Waals surface area contributed by atoms with E-state index in [1.54, 1.807) is 0 Å². The van der Waals surface area contributed by atoms with Crippen LogP contribution in [0, 0.1) is 0 Å². The Kier molecular flexibility index (Phi) is 4.55. The predicted molar refractivity (Wildman–Crippen MR) is 106 cm³/mol. The molecule has 0 unspecified atom stereocenters. The first-order valence-corrected chi connectivity index (χ1v) is 10.0. The molecule has 0 saturated carbocycles. The molecule has 3 aromatic rings. The van der Waals surface area contributed by atoms with Gasteiger partial charge in [0.15, 0.2) is 0 Å². The van der Waals surface area contributed by atoms with E-state index >= 15 is 0 Å². The third-order valence-electron chi connectivity index (χ3n) is 5.81. The number of nitrogens with zero attached hydrogens (tertiary/aromatic N) is 5. The van der Waals surface area contributed by atoms with Crippen LogP contribution in [0.1, 0.15) is 36.0 Å². The van der Waals surface area contributed by atoms with Crippen molar-refractivity contribution in [3.63, 3.8) is 0 Å². The Labute approximate surface area is 163 Å². The van der Waals surface area contributed by atoms with E-state index in [9.17, 15) is 0 Å². The van der Waals surface area contributed by atoms with Crippen molar-refractivity contribution in [1.29, 1.82) is 0 Å². The molecule has 1 N–H and O–H groups in total. The first-order valence-electron chi connectivity index (χ1n) is 9.67. The molecule has 140 valence electrons. The Morgan fingerprint density at radius 3 is 2.89 bits per heavy atom. The second kappa shape index (κ2) is 7.19. The van der Waals surface area contributed by atoms with Crippen LogP contribution in [0.3, 0.4) is 0 Å². The molecule has 0 aliphatic carbocycles. The summed E-state index contributed by atoms with van der Waals surface area (Å²) in [5.41, 5.74) is 2.16. The van der Waals surface area contributed by atoms with Crippen molar-refractivity contribution in [2.75, 3.05) is 19.6 Å². The average molecular weight is 383 g/mol. The fourth-order valence-electron chi connectivity index (χ4n) is 4.32. The van der Waals surface area contributed by atoms with Gasteiger partial charge in [-0.2, -0.15) is 0 Å². The van der Waals surface area contributed by atoms with Crippen LogP contribution in [0.4, 0.5) is 0 Å². The molecule has 1 saturated heterocycles. The molecule has 4 heterocycles. The van der Waals surface area contributed by atoms with Crippen LogP contribution >= 0.6 is 11.6 Å². The Balaban J connectivity index is 1.31. The number of nitrogens with one attached hydrogen (secondary N) is 1. The Hall–Kier alpha value is -2.02. The molecular formula is C20H23ClN6. The highest BCUT2D eigenvalue weighted by Gasteiger charge is 2.27. The standard InChI is InChI=1S/C20H23ClN6/c21-17-4-3-14-2-1-7-23-19(14)16(17)13-26-9-5-15(6-10-26)20-25-24-18-12-22-8-11-27(18)20/h1-4,7,15,22H,5-6,8-13H2. The molecule has 1 fully saturated rings. The molecule has 2 aliphatic heterocycles. The van der Waals surface area contributed by atoms with Gasteiger partial charge in [-0.05, 0) is 38.1 Å². The zero-order valence-electron chi connectivity index (χ0n) is 15.2. The predicted octanol–water partition coefficient (Wildman–Crippen LogP) is 2.96. The van der Waals surface area contributed by atoms with E-state index in [2.05, 4.69) is 36.0 Å². The number of rotatable bonds is 3. The number of pyridine rings is 1. The van der Waals surface area contributed by atoms with Crippen molar-refractivity contribution < 1.29 is 0 Å². The van der Waals surface area contributed by atoms with Gasteiger partial charge in [-0.15, -0.1) is 10.2 Å². The Morgan fingerprint density at radius 2 is 2.00 bits per heavy atom. The van der Waals surface area contributed by atoms with E-state index in [1.807, 2.05) is 24.4 Å². The van der Waals surface area contributed by atoms with Gasteiger partial charge in [-0.3, -0.25) is 9.88 Å². The topological polar surface area (TPSA) is 58.9 Å². The van der Waals surface area contributed by atoms with Crippen molar-refractivity contribution >= 4 is 22.5 Å². The number of piperidine rings is 1. The van der Waals surface area contributed by atoms with Crippen LogP contribution in [0.5, 0.6) is 0 Å². The summed E-state index contributed by atoms with van der Waals surface area (Å²) in [6, 6.07) is 8.10. The highest BCUT2D eigenvalue weighted by molar-refractivity contribution is 6.32. The molecule has 1 aromatic carbocycles. The lowest BCUT2D eigenvalue weighted by atomic mass is 9.95. The summed E-state index contributed by atoms with van der Waals surface area (Å²) >= 11 is 6.52. The number of fused-ring (bicyclic) bond motifs is 2. The Morgan fingerprint density at radius 1 is 1.11 bits per heavy atom. The van der Waals surface area contributed by atoms with Gasteiger partial charge in [0.05, 0.1) is 12.1 Å². The number of aromatic nitrogens is 4. The molecule has 7 heteroatoms. The average Bonchev–Trinajstić information content (AvgIpc) is 3.15. The van der Waals surface area contributed by atoms with E-state index in [0.29, 0.717) is 5.92 Å². The zero-order valence-corrected chi connectivity index (χ0v) is 16.0. The van der Waals surface area contributed by atoms with E-state index in [-0.39, 0.29) is 0 Å². The lowest BCUT2D eigenvalue weighted by molar-refractivity contribution is 0.200. The normalized spacial score (nSPS) is 18.7. The van der Waals surface area contributed by atoms with Gasteiger partial charge < -0.3 is 9.88 Å². The third kappa shape index (κ3) is 3.22. The summed E-state index contributed by atoms with van der Waals surface area (Å²) in [5, 5.41) is 14.2. The summed E-state index contributed by atoms with van der Waals surface area (Å²) < 4.78 is 2.32. The van der Waals surface area contributed by atoms with E-state index in [1.165, 1.54) is 5.82 Å². The monoisotopic (exact) mass is 382 g/mol. The number of hydrogen-bond acceptors (Lipinski definition) is 5. The number of halogens is 1. The molecule has 0 spiro atoms. The van der Waals surface area contributed by atoms with Gasteiger partial charge in [0, 0.05) is 47.7 Å². The molecule has 0 bridgehead atoms. The minimum absolute atomic E-state index is 0.502. The lowest BCUT2D eigenvalue weighted by Crippen LogP contribution is -2.35. The highest BCUT2D eigenvalue weighted by Crippen LogP contribution is 2.31. The maximum Gasteiger partial charge on any atom is 0.147 e. The molecule has 0 amide bonds. The van der Waals surface area contributed by atoms with E-state index in [4.69, 9.17) is 11.6 Å². The quantitative estimate of drug-likeness (QED) is 0.754. The molecule has 0 atom stereocenters. The van der Waals surface area contributed by atoms with Crippen LogP contribution in [-0.4, -0.2) is 44.3 Å². The maximum absolute atomic E-state index is 6.52. The second-order valence-corrected chi connectivity index (χ2v) is 7.86. The summed E-state index contributed by atoms with van der Waals surface area (Å²) in [6.45, 7) is 5.76. The maximum atomic E-state index is 6.52. The van der Waals surface area contributed by atoms with Crippen LogP contribution < -0.4 is 5.32 Å². The van der Waals surface area contributed by atoms with Crippen LogP contribution in [0.15, 0.2) is 30.5 Å². The number of hydrogen-bond donors (Lipinski definition) is 1. The van der Waals surface area contributed by atoms with Gasteiger partial charge in [0.1, 0.15) is 11.6 Å². The highest BCUT2D eigenvalue weighted by atomic mass is 35.5. The molecule has 27 heavy (non-hydrogen) atoms. The fourth-order valence-corrected chi connectivity index (χ4v) is 4.53. The minimum Gasteiger partial charge on any atom is -0.312 e. The van der Waals surface area contributed by atoms with Crippen LogP contribution in [-0.2, 0) is 19.6 Å². The molecular weight excluding hydrogens is 360 g/mol. The first kappa shape index (κ1) is 17.1. The van der Waals surface area contributed by atoms with Gasteiger partial charge in [0.2, 0.25) is 0 Å². The lowest BCUT2D eigenvalue weighted by Gasteiger charge is -2.32. The van der Waals surface area contributed by atoms with Crippen molar-refractivity contribution in [3.05, 3.63) is 52.7 Å². The van der Waals surface area contributed by atoms with E-state index in [0.717, 1.165) is 79.4 Å². The largest absolute Gasteiger partial charge is 0.312 e. The smallest absolute Gasteiger partial charge is 0.147 e. The van der Waals surface area contributed by atoms with Crippen LogP contribution in [0.2, 0.25) is 5.02 Å². The Bertz CT molecular complexity index is 960. The molecule has 6 nitrogen and oxygen atoms in total. The second-order valence-electron chi connectivity index (χ2n) is 7.45. The summed E-state index contributed by atoms with van der Waals surface area (Å²) in [4.78, 5) is 7.06. The molecule has 2 aromatic heterocycles. The van der Waals surface area contributed by atoms with Crippen LogP contribution in [0.25, 0.3) is 10.9 Å². The van der Waals surface area contributed by atoms with Gasteiger partial charge in [-0.25, -0.2) is 0 Å². The van der Waals surface area contributed by atoms with Crippen molar-refractivity contribution in [2.24, 2.45) is 0 Å². The minimum atomic E-state index is 0.502. The van der Waals surface area contributed by atoms with Gasteiger partial charge >= 0.3 is 0 Å². The van der Waals surface area contributed by atoms with Gasteiger partial charge in [-0.1, -0.05) is 23.7 Å². The zero-order chi connectivity index (χ0) is 18.2. The van der Waals surface area contributed by atoms with Crippen molar-refractivity contribution in [1.82, 2.24) is 30.0 Å².